The fourth-order valence-corrected chi connectivity index (χ4v) is 6.05. The van der Waals surface area contributed by atoms with E-state index in [1.54, 1.807) is 36.4 Å². The largest absolute Gasteiger partial charge is 0.506 e. The van der Waals surface area contributed by atoms with Crippen molar-refractivity contribution in [3.05, 3.63) is 114 Å². The molecule has 0 radical (unpaired) electrons. The molecular weight excluding hydrogens is 510 g/mol. The Morgan fingerprint density at radius 3 is 2.19 bits per heavy atom. The van der Waals surface area contributed by atoms with Gasteiger partial charge in [0.2, 0.25) is 0 Å². The van der Waals surface area contributed by atoms with Crippen molar-refractivity contribution in [1.82, 2.24) is 0 Å². The van der Waals surface area contributed by atoms with Crippen LogP contribution in [-0.4, -0.2) is 15.2 Å². The zero-order valence-electron chi connectivity index (χ0n) is 19.1. The lowest BCUT2D eigenvalue weighted by atomic mass is 10.1. The highest BCUT2D eigenvalue weighted by atomic mass is 35.5. The molecule has 0 fully saturated rings. The van der Waals surface area contributed by atoms with Gasteiger partial charge in [-0.25, -0.2) is 4.21 Å². The van der Waals surface area contributed by atoms with Gasteiger partial charge >= 0.3 is 0 Å². The molecule has 0 aliphatic carbocycles. The molecule has 0 bridgehead atoms. The Balaban J connectivity index is 1.46. The summed E-state index contributed by atoms with van der Waals surface area (Å²) < 4.78 is 22.7. The van der Waals surface area contributed by atoms with Crippen molar-refractivity contribution in [2.75, 3.05) is 4.72 Å². The third-order valence-electron chi connectivity index (χ3n) is 5.50. The van der Waals surface area contributed by atoms with Crippen LogP contribution < -0.4 is 9.46 Å². The maximum absolute atomic E-state index is 13.7. The zero-order chi connectivity index (χ0) is 25.1. The summed E-state index contributed by atoms with van der Waals surface area (Å²) in [6.07, 6.45) is 0. The van der Waals surface area contributed by atoms with Gasteiger partial charge in [0.05, 0.1) is 25.3 Å². The molecule has 1 atom stereocenters. The maximum Gasteiger partial charge on any atom is 0.146 e. The predicted molar refractivity (Wildman–Crippen MR) is 151 cm³/mol. The van der Waals surface area contributed by atoms with E-state index in [0.717, 1.165) is 10.3 Å². The van der Waals surface area contributed by atoms with Crippen molar-refractivity contribution < 1.29 is 14.1 Å². The number of nitrogens with one attached hydrogen (secondary N) is 1. The van der Waals surface area contributed by atoms with Gasteiger partial charge in [-0.3, -0.25) is 0 Å². The van der Waals surface area contributed by atoms with Crippen molar-refractivity contribution in [3.63, 3.8) is 0 Å². The van der Waals surface area contributed by atoms with Crippen LogP contribution >= 0.6 is 23.4 Å². The van der Waals surface area contributed by atoms with Crippen LogP contribution in [0.25, 0.3) is 10.8 Å². The Morgan fingerprint density at radius 1 is 0.833 bits per heavy atom. The first-order valence-corrected chi connectivity index (χ1v) is 14.0. The molecule has 0 heterocycles. The van der Waals surface area contributed by atoms with Gasteiger partial charge in [-0.2, -0.15) is 0 Å². The predicted octanol–water partition coefficient (Wildman–Crippen LogP) is 8.24. The highest BCUT2D eigenvalue weighted by Crippen LogP contribution is 2.43. The molecule has 0 spiro atoms. The van der Waals surface area contributed by atoms with E-state index in [0.29, 0.717) is 37.4 Å². The van der Waals surface area contributed by atoms with Crippen LogP contribution in [0.4, 0.5) is 5.69 Å². The van der Waals surface area contributed by atoms with Gasteiger partial charge in [0, 0.05) is 20.6 Å². The number of hydrogen-bond donors (Lipinski definition) is 2. The van der Waals surface area contributed by atoms with Crippen LogP contribution in [0.1, 0.15) is 0 Å². The van der Waals surface area contributed by atoms with Gasteiger partial charge in [0.1, 0.15) is 17.2 Å². The quantitative estimate of drug-likeness (QED) is 0.164. The SMILES string of the molecule is C=S(=O)(Nc1cc(Sc2ccccc2)c(O)c2ccccc12)c1ccc(Oc2ccccc2Cl)cc1. The number of rotatable bonds is 7. The Kier molecular flexibility index (Phi) is 6.83. The van der Waals surface area contributed by atoms with Crippen molar-refractivity contribution >= 4 is 55.4 Å². The third kappa shape index (κ3) is 5.16. The zero-order valence-corrected chi connectivity index (χ0v) is 21.4. The fraction of sp³-hybridized carbons (Fsp3) is 0. The number of phenols is 1. The Bertz CT molecular complexity index is 1640. The minimum atomic E-state index is -2.93. The normalized spacial score (nSPS) is 12.7. The third-order valence-corrected chi connectivity index (χ3v) is 8.43. The average molecular weight is 532 g/mol. The molecule has 7 heteroatoms. The minimum absolute atomic E-state index is 0.182. The standard InChI is InChI=1S/C29H22ClNO3S2/c1-36(33,22-17-15-20(16-18-22)34-27-14-8-7-13-25(27)30)31-26-19-28(35-21-9-3-2-4-10-21)29(32)24-12-6-5-11-23(24)26/h2-19,32H,1H2,(H,31,33). The van der Waals surface area contributed by atoms with E-state index in [2.05, 4.69) is 10.6 Å². The topological polar surface area (TPSA) is 58.6 Å². The highest BCUT2D eigenvalue weighted by molar-refractivity contribution is 8.01. The maximum atomic E-state index is 13.7. The first-order chi connectivity index (χ1) is 17.4. The number of anilines is 1. The molecule has 0 aliphatic rings. The number of benzene rings is 5. The molecule has 180 valence electrons. The summed E-state index contributed by atoms with van der Waals surface area (Å²) in [4.78, 5) is 2.16. The first kappa shape index (κ1) is 24.1. The highest BCUT2D eigenvalue weighted by Gasteiger charge is 2.16. The summed E-state index contributed by atoms with van der Waals surface area (Å²) in [6.45, 7) is 0. The van der Waals surface area contributed by atoms with Crippen LogP contribution in [-0.2, 0) is 9.71 Å². The molecule has 4 nitrogen and oxygen atoms in total. The van der Waals surface area contributed by atoms with E-state index in [9.17, 15) is 9.32 Å². The number of halogens is 1. The Morgan fingerprint density at radius 2 is 1.47 bits per heavy atom. The van der Waals surface area contributed by atoms with E-state index >= 15 is 0 Å². The fourth-order valence-electron chi connectivity index (χ4n) is 3.73. The second-order valence-corrected chi connectivity index (χ2v) is 11.6. The van der Waals surface area contributed by atoms with E-state index in [1.165, 1.54) is 11.8 Å². The molecule has 0 saturated heterocycles. The van der Waals surface area contributed by atoms with Gasteiger partial charge < -0.3 is 14.6 Å². The van der Waals surface area contributed by atoms with Crippen LogP contribution in [0.15, 0.2) is 124 Å². The summed E-state index contributed by atoms with van der Waals surface area (Å²) in [6, 6.07) is 33.2. The van der Waals surface area contributed by atoms with E-state index in [4.69, 9.17) is 16.3 Å². The lowest BCUT2D eigenvalue weighted by molar-refractivity contribution is 0.469. The van der Waals surface area contributed by atoms with Gasteiger partial charge in [-0.15, -0.1) is 0 Å². The van der Waals surface area contributed by atoms with Crippen molar-refractivity contribution in [3.8, 4) is 17.2 Å². The van der Waals surface area contributed by atoms with Crippen LogP contribution in [0.5, 0.6) is 17.2 Å². The smallest absolute Gasteiger partial charge is 0.146 e. The summed E-state index contributed by atoms with van der Waals surface area (Å²) in [7, 11) is -2.93. The molecule has 36 heavy (non-hydrogen) atoms. The lowest BCUT2D eigenvalue weighted by Crippen LogP contribution is -2.13. The van der Waals surface area contributed by atoms with E-state index in [1.807, 2.05) is 72.8 Å². The Hall–Kier alpha value is -3.58. The number of hydrogen-bond acceptors (Lipinski definition) is 4. The molecule has 0 saturated carbocycles. The number of para-hydroxylation sites is 1. The molecule has 2 N–H and O–H groups in total. The van der Waals surface area contributed by atoms with Gasteiger partial charge in [0.25, 0.3) is 0 Å². The molecule has 0 aliphatic heterocycles. The van der Waals surface area contributed by atoms with Gasteiger partial charge in [-0.1, -0.05) is 78.0 Å². The summed E-state index contributed by atoms with van der Waals surface area (Å²) in [5.41, 5.74) is 0.623. The molecule has 5 rings (SSSR count). The second-order valence-electron chi connectivity index (χ2n) is 8.01. The van der Waals surface area contributed by atoms with Crippen LogP contribution in [0.3, 0.4) is 0 Å². The molecular formula is C29H22ClNO3S2. The van der Waals surface area contributed by atoms with Crippen LogP contribution in [0, 0.1) is 0 Å². The lowest BCUT2D eigenvalue weighted by Gasteiger charge is -2.18. The average Bonchev–Trinajstić information content (AvgIpc) is 2.89. The molecule has 1 unspecified atom stereocenters. The minimum Gasteiger partial charge on any atom is -0.506 e. The summed E-state index contributed by atoms with van der Waals surface area (Å²) in [5.74, 6) is 5.28. The number of fused-ring (bicyclic) bond motifs is 1. The number of ether oxygens (including phenoxy) is 1. The van der Waals surface area contributed by atoms with Crippen molar-refractivity contribution in [2.24, 2.45) is 0 Å². The first-order valence-electron chi connectivity index (χ1n) is 11.1. The van der Waals surface area contributed by atoms with Gasteiger partial charge in [0.15, 0.2) is 0 Å². The molecule has 0 aromatic heterocycles. The van der Waals surface area contributed by atoms with E-state index in [-0.39, 0.29) is 5.75 Å². The number of aromatic hydroxyl groups is 1. The summed E-state index contributed by atoms with van der Waals surface area (Å²) >= 11 is 7.62. The van der Waals surface area contributed by atoms with Crippen LogP contribution in [0.2, 0.25) is 5.02 Å². The monoisotopic (exact) mass is 531 g/mol. The number of phenolic OH excluding ortho intramolecular Hbond substituents is 1. The molecule has 0 amide bonds. The Labute approximate surface area is 219 Å². The van der Waals surface area contributed by atoms with Crippen molar-refractivity contribution in [1.29, 1.82) is 0 Å². The van der Waals surface area contributed by atoms with E-state index < -0.39 is 9.71 Å². The van der Waals surface area contributed by atoms with Gasteiger partial charge in [-0.05, 0) is 60.5 Å². The van der Waals surface area contributed by atoms with Crippen molar-refractivity contribution in [2.45, 2.75) is 14.7 Å². The molecule has 5 aromatic carbocycles. The summed E-state index contributed by atoms with van der Waals surface area (Å²) in [5, 5.41) is 12.9. The second kappa shape index (κ2) is 10.2. The molecule has 5 aromatic rings.